The Labute approximate surface area is 130 Å². The first-order chi connectivity index (χ1) is 10.2. The van der Waals surface area contributed by atoms with Crippen LogP contribution in [-0.4, -0.2) is 25.9 Å². The Morgan fingerprint density at radius 2 is 2.05 bits per heavy atom. The molecule has 0 amide bonds. The van der Waals surface area contributed by atoms with E-state index in [2.05, 4.69) is 6.08 Å². The van der Waals surface area contributed by atoms with Gasteiger partial charge in [-0.25, -0.2) is 0 Å². The number of halogens is 1. The Balaban J connectivity index is 2.28. The number of alkyl halides is 1. The van der Waals surface area contributed by atoms with Crippen molar-refractivity contribution in [1.29, 1.82) is 0 Å². The fourth-order valence-corrected chi connectivity index (χ4v) is 3.06. The molecule has 0 saturated carbocycles. The molecule has 0 saturated heterocycles. The summed E-state index contributed by atoms with van der Waals surface area (Å²) in [6, 6.07) is 5.30. The number of rotatable bonds is 6. The van der Waals surface area contributed by atoms with E-state index in [1.807, 2.05) is 0 Å². The van der Waals surface area contributed by atoms with E-state index in [1.165, 1.54) is 0 Å². The van der Waals surface area contributed by atoms with Crippen LogP contribution < -0.4 is 9.47 Å². The van der Waals surface area contributed by atoms with E-state index in [0.717, 1.165) is 31.3 Å². The van der Waals surface area contributed by atoms with Gasteiger partial charge in [0, 0.05) is 11.4 Å². The molecule has 4 heteroatoms. The molecule has 0 aliphatic heterocycles. The predicted molar refractivity (Wildman–Crippen MR) is 84.6 cm³/mol. The monoisotopic (exact) mass is 308 g/mol. The molecule has 0 N–H and O–H groups in total. The zero-order valence-electron chi connectivity index (χ0n) is 12.5. The fourth-order valence-electron chi connectivity index (χ4n) is 2.80. The number of hydrogen-bond acceptors (Lipinski definition) is 3. The number of allylic oxidation sites excluding steroid dienone is 2. The molecule has 0 aromatic heterocycles. The summed E-state index contributed by atoms with van der Waals surface area (Å²) in [4.78, 5) is 12.7. The van der Waals surface area contributed by atoms with Gasteiger partial charge in [0.25, 0.3) is 0 Å². The first kappa shape index (κ1) is 15.9. The van der Waals surface area contributed by atoms with Crippen molar-refractivity contribution in [2.75, 3.05) is 20.1 Å². The Morgan fingerprint density at radius 1 is 1.29 bits per heavy atom. The number of ketones is 1. The van der Waals surface area contributed by atoms with Gasteiger partial charge in [0.15, 0.2) is 17.3 Å². The van der Waals surface area contributed by atoms with E-state index in [1.54, 1.807) is 32.4 Å². The van der Waals surface area contributed by atoms with Crippen LogP contribution in [0.1, 0.15) is 36.0 Å². The fraction of sp³-hybridized carbons (Fsp3) is 0.471. The van der Waals surface area contributed by atoms with Gasteiger partial charge in [-0.3, -0.25) is 4.79 Å². The van der Waals surface area contributed by atoms with Crippen LogP contribution in [0, 0.1) is 5.92 Å². The maximum atomic E-state index is 12.7. The summed E-state index contributed by atoms with van der Waals surface area (Å²) in [5, 5.41) is 0. The highest BCUT2D eigenvalue weighted by molar-refractivity contribution is 6.18. The lowest BCUT2D eigenvalue weighted by Crippen LogP contribution is -2.17. The maximum Gasteiger partial charge on any atom is 0.189 e. The van der Waals surface area contributed by atoms with Gasteiger partial charge < -0.3 is 9.47 Å². The summed E-state index contributed by atoms with van der Waals surface area (Å²) in [5.41, 5.74) is 1.54. The van der Waals surface area contributed by atoms with Crippen molar-refractivity contribution in [2.24, 2.45) is 5.92 Å². The lowest BCUT2D eigenvalue weighted by atomic mass is 9.82. The van der Waals surface area contributed by atoms with Crippen LogP contribution in [0.15, 0.2) is 29.8 Å². The minimum absolute atomic E-state index is 0.0748. The number of benzene rings is 1. The second-order valence-corrected chi connectivity index (χ2v) is 5.54. The van der Waals surface area contributed by atoms with Crippen LogP contribution in [0.2, 0.25) is 0 Å². The lowest BCUT2D eigenvalue weighted by molar-refractivity contribution is 0.101. The van der Waals surface area contributed by atoms with Gasteiger partial charge in [-0.1, -0.05) is 6.08 Å². The van der Waals surface area contributed by atoms with E-state index in [0.29, 0.717) is 22.9 Å². The molecule has 0 radical (unpaired) electrons. The van der Waals surface area contributed by atoms with E-state index >= 15 is 0 Å². The molecule has 0 spiro atoms. The first-order valence-electron chi connectivity index (χ1n) is 7.24. The van der Waals surface area contributed by atoms with Crippen LogP contribution >= 0.6 is 11.6 Å². The average molecular weight is 309 g/mol. The highest BCUT2D eigenvalue weighted by Gasteiger charge is 2.24. The van der Waals surface area contributed by atoms with Gasteiger partial charge in [-0.05, 0) is 55.4 Å². The largest absolute Gasteiger partial charge is 0.493 e. The molecule has 0 fully saturated rings. The van der Waals surface area contributed by atoms with Crippen LogP contribution in [0.25, 0.3) is 0 Å². The number of carbonyl (C=O) groups excluding carboxylic acids is 1. The third kappa shape index (κ3) is 3.59. The average Bonchev–Trinajstić information content (AvgIpc) is 2.54. The zero-order chi connectivity index (χ0) is 15.2. The van der Waals surface area contributed by atoms with Gasteiger partial charge in [0.2, 0.25) is 0 Å². The van der Waals surface area contributed by atoms with Crippen molar-refractivity contribution in [3.8, 4) is 11.5 Å². The number of hydrogen-bond donors (Lipinski definition) is 0. The SMILES string of the molecule is COc1ccc(C(=O)C2=CCCCC2CCCl)cc1OC. The normalized spacial score (nSPS) is 18.0. The molecule has 1 aliphatic carbocycles. The predicted octanol–water partition coefficient (Wildman–Crippen LogP) is 4.24. The minimum Gasteiger partial charge on any atom is -0.493 e. The summed E-state index contributed by atoms with van der Waals surface area (Å²) in [5.74, 6) is 2.14. The van der Waals surface area contributed by atoms with Crippen LogP contribution in [-0.2, 0) is 0 Å². The molecule has 0 heterocycles. The Morgan fingerprint density at radius 3 is 2.71 bits per heavy atom. The molecular formula is C17H21ClO3. The summed E-state index contributed by atoms with van der Waals surface area (Å²) >= 11 is 5.86. The van der Waals surface area contributed by atoms with Crippen molar-refractivity contribution in [3.05, 3.63) is 35.4 Å². The van der Waals surface area contributed by atoms with Gasteiger partial charge in [-0.15, -0.1) is 11.6 Å². The van der Waals surface area contributed by atoms with Gasteiger partial charge in [-0.2, -0.15) is 0 Å². The standard InChI is InChI=1S/C17H21ClO3/c1-20-15-8-7-13(11-16(15)21-2)17(19)14-6-4-3-5-12(14)9-10-18/h6-8,11-12H,3-5,9-10H2,1-2H3. The number of ether oxygens (including phenoxy) is 2. The van der Waals surface area contributed by atoms with Gasteiger partial charge in [0.1, 0.15) is 0 Å². The Bertz CT molecular complexity index is 537. The molecule has 1 aromatic carbocycles. The van der Waals surface area contributed by atoms with E-state index in [9.17, 15) is 4.79 Å². The number of Topliss-reactive ketones (excluding diaryl/α,β-unsaturated/α-hetero) is 1. The highest BCUT2D eigenvalue weighted by atomic mass is 35.5. The summed E-state index contributed by atoms with van der Waals surface area (Å²) in [6.07, 6.45) is 6.06. The lowest BCUT2D eigenvalue weighted by Gasteiger charge is -2.23. The number of methoxy groups -OCH3 is 2. The van der Waals surface area contributed by atoms with Crippen LogP contribution in [0.5, 0.6) is 11.5 Å². The van der Waals surface area contributed by atoms with Crippen LogP contribution in [0.4, 0.5) is 0 Å². The van der Waals surface area contributed by atoms with Gasteiger partial charge >= 0.3 is 0 Å². The van der Waals surface area contributed by atoms with E-state index < -0.39 is 0 Å². The molecular weight excluding hydrogens is 288 g/mol. The molecule has 3 nitrogen and oxygen atoms in total. The first-order valence-corrected chi connectivity index (χ1v) is 7.77. The minimum atomic E-state index is 0.0748. The second-order valence-electron chi connectivity index (χ2n) is 5.16. The Kier molecular flexibility index (Phi) is 5.68. The molecule has 1 unspecified atom stereocenters. The quantitative estimate of drug-likeness (QED) is 0.582. The zero-order valence-corrected chi connectivity index (χ0v) is 13.3. The molecule has 1 atom stereocenters. The van der Waals surface area contributed by atoms with Crippen molar-refractivity contribution in [3.63, 3.8) is 0 Å². The summed E-state index contributed by atoms with van der Waals surface area (Å²) < 4.78 is 10.5. The van der Waals surface area contributed by atoms with Crippen molar-refractivity contribution < 1.29 is 14.3 Å². The smallest absolute Gasteiger partial charge is 0.189 e. The number of carbonyl (C=O) groups is 1. The molecule has 1 aromatic rings. The van der Waals surface area contributed by atoms with Crippen LogP contribution in [0.3, 0.4) is 0 Å². The summed E-state index contributed by atoms with van der Waals surface area (Å²) in [6.45, 7) is 0. The van der Waals surface area contributed by atoms with Crippen molar-refractivity contribution in [1.82, 2.24) is 0 Å². The highest BCUT2D eigenvalue weighted by Crippen LogP contribution is 2.33. The van der Waals surface area contributed by atoms with E-state index in [-0.39, 0.29) is 11.7 Å². The molecule has 0 bridgehead atoms. The molecule has 21 heavy (non-hydrogen) atoms. The molecule has 114 valence electrons. The third-order valence-corrected chi connectivity index (χ3v) is 4.14. The second kappa shape index (κ2) is 7.51. The van der Waals surface area contributed by atoms with Gasteiger partial charge in [0.05, 0.1) is 14.2 Å². The van der Waals surface area contributed by atoms with Crippen molar-refractivity contribution >= 4 is 17.4 Å². The summed E-state index contributed by atoms with van der Waals surface area (Å²) in [7, 11) is 3.15. The molecule has 1 aliphatic rings. The van der Waals surface area contributed by atoms with E-state index in [4.69, 9.17) is 21.1 Å². The Hall–Kier alpha value is -1.48. The van der Waals surface area contributed by atoms with Crippen molar-refractivity contribution in [2.45, 2.75) is 25.7 Å². The maximum absolute atomic E-state index is 12.7. The topological polar surface area (TPSA) is 35.5 Å². The molecule has 2 rings (SSSR count). The third-order valence-electron chi connectivity index (χ3n) is 3.93.